The molecule has 0 aliphatic heterocycles. The van der Waals surface area contributed by atoms with E-state index in [1.54, 1.807) is 13.8 Å². The Morgan fingerprint density at radius 2 is 1.24 bits per heavy atom. The molecule has 0 atom stereocenters. The third-order valence-corrected chi connectivity index (χ3v) is 4.47. The molecule has 0 aromatic rings. The second-order valence-electron chi connectivity index (χ2n) is 6.03. The third kappa shape index (κ3) is 16.7. The van der Waals surface area contributed by atoms with Gasteiger partial charge in [-0.3, -0.25) is 0 Å². The Bertz CT molecular complexity index is 375. The van der Waals surface area contributed by atoms with Crippen LogP contribution in [0.15, 0.2) is 0 Å². The Hall–Kier alpha value is 0.790. The van der Waals surface area contributed by atoms with Crippen LogP contribution in [0.3, 0.4) is 0 Å². The van der Waals surface area contributed by atoms with Crippen LogP contribution in [-0.4, -0.2) is 70.2 Å². The summed E-state index contributed by atoms with van der Waals surface area (Å²) >= 11 is 0. The summed E-state index contributed by atoms with van der Waals surface area (Å²) in [6.07, 6.45) is 8.63. The zero-order valence-electron chi connectivity index (χ0n) is 15.8. The van der Waals surface area contributed by atoms with Crippen molar-refractivity contribution >= 4 is 40.0 Å². The summed E-state index contributed by atoms with van der Waals surface area (Å²) in [7, 11) is -4.00. The molecule has 0 saturated heterocycles. The van der Waals surface area contributed by atoms with Gasteiger partial charge < -0.3 is 9.47 Å². The van der Waals surface area contributed by atoms with Crippen molar-refractivity contribution in [3.8, 4) is 0 Å². The molecule has 0 aromatic heterocycles. The van der Waals surface area contributed by atoms with E-state index in [1.165, 1.54) is 0 Å². The van der Waals surface area contributed by atoms with Gasteiger partial charge in [-0.1, -0.05) is 52.4 Å². The van der Waals surface area contributed by atoms with Gasteiger partial charge in [0.2, 0.25) is 0 Å². The fourth-order valence-corrected chi connectivity index (χ4v) is 2.83. The van der Waals surface area contributed by atoms with Gasteiger partial charge >= 0.3 is 40.0 Å². The van der Waals surface area contributed by atoms with E-state index in [-0.39, 0.29) is 42.8 Å². The van der Waals surface area contributed by atoms with E-state index in [0.29, 0.717) is 13.2 Å². The number of hydrogen-bond acceptors (Lipinski definition) is 6. The molecule has 0 aliphatic carbocycles. The summed E-state index contributed by atoms with van der Waals surface area (Å²) in [5.74, 6) is -1.08. The minimum absolute atomic E-state index is 0. The summed E-state index contributed by atoms with van der Waals surface area (Å²) in [5.41, 5.74) is 0. The maximum atomic E-state index is 11.6. The second-order valence-corrected chi connectivity index (χ2v) is 7.32. The zero-order valence-corrected chi connectivity index (χ0v) is 16.7. The van der Waals surface area contributed by atoms with Crippen LogP contribution in [0.2, 0.25) is 0 Å². The van der Waals surface area contributed by atoms with E-state index in [4.69, 9.17) is 13.7 Å². The molecule has 0 radical (unpaired) electrons. The minimum atomic E-state index is -4.00. The van der Waals surface area contributed by atoms with Crippen molar-refractivity contribution in [1.29, 1.82) is 0 Å². The number of rotatable bonds is 17. The number of unbranched alkanes of at least 4 members (excludes halogenated alkanes) is 6. The van der Waals surface area contributed by atoms with Crippen molar-refractivity contribution in [3.63, 3.8) is 0 Å². The SMILES string of the molecule is CCCCCCOC(C)(COS(=O)(=O)OCC)OCCCCCC.[NaH]. The molecular formula is C17H37NaO6S. The molecule has 0 heterocycles. The van der Waals surface area contributed by atoms with Gasteiger partial charge in [-0.05, 0) is 26.7 Å². The molecule has 0 unspecified atom stereocenters. The summed E-state index contributed by atoms with van der Waals surface area (Å²) < 4.78 is 44.2. The van der Waals surface area contributed by atoms with Crippen molar-refractivity contribution < 1.29 is 26.3 Å². The first-order valence-electron chi connectivity index (χ1n) is 9.20. The molecule has 0 saturated carbocycles. The molecule has 8 heteroatoms. The summed E-state index contributed by atoms with van der Waals surface area (Å²) in [6, 6.07) is 0. The summed E-state index contributed by atoms with van der Waals surface area (Å²) in [4.78, 5) is 0. The van der Waals surface area contributed by atoms with E-state index in [0.717, 1.165) is 51.4 Å². The topological polar surface area (TPSA) is 71.1 Å². The quantitative estimate of drug-likeness (QED) is 0.214. The monoisotopic (exact) mass is 392 g/mol. The predicted molar refractivity (Wildman–Crippen MR) is 102 cm³/mol. The molecule has 148 valence electrons. The van der Waals surface area contributed by atoms with E-state index in [2.05, 4.69) is 18.0 Å². The number of hydrogen-bond donors (Lipinski definition) is 0. The van der Waals surface area contributed by atoms with Crippen LogP contribution < -0.4 is 0 Å². The zero-order chi connectivity index (χ0) is 18.3. The van der Waals surface area contributed by atoms with Gasteiger partial charge in [0.15, 0.2) is 5.79 Å². The second kappa shape index (κ2) is 16.9. The first-order valence-corrected chi connectivity index (χ1v) is 10.5. The third-order valence-electron chi connectivity index (χ3n) is 3.54. The van der Waals surface area contributed by atoms with Crippen LogP contribution in [0.5, 0.6) is 0 Å². The van der Waals surface area contributed by atoms with Crippen molar-refractivity contribution in [2.24, 2.45) is 0 Å². The fourth-order valence-electron chi connectivity index (χ4n) is 2.12. The Morgan fingerprint density at radius 3 is 1.64 bits per heavy atom. The molecule has 0 aliphatic rings. The van der Waals surface area contributed by atoms with Gasteiger partial charge in [-0.15, -0.1) is 0 Å². The summed E-state index contributed by atoms with van der Waals surface area (Å²) in [6.45, 7) is 8.47. The van der Waals surface area contributed by atoms with Crippen molar-refractivity contribution in [3.05, 3.63) is 0 Å². The van der Waals surface area contributed by atoms with Gasteiger partial charge in [-0.2, -0.15) is 8.42 Å². The van der Waals surface area contributed by atoms with Gasteiger partial charge in [0.1, 0.15) is 6.61 Å². The van der Waals surface area contributed by atoms with Crippen LogP contribution in [0.4, 0.5) is 0 Å². The molecule has 0 aromatic carbocycles. The first kappa shape index (κ1) is 28.0. The van der Waals surface area contributed by atoms with Crippen LogP contribution in [0.25, 0.3) is 0 Å². The average Bonchev–Trinajstić information content (AvgIpc) is 2.53. The van der Waals surface area contributed by atoms with Crippen molar-refractivity contribution in [2.75, 3.05) is 26.4 Å². The molecule has 6 nitrogen and oxygen atoms in total. The van der Waals surface area contributed by atoms with Crippen LogP contribution in [0, 0.1) is 0 Å². The predicted octanol–water partition coefficient (Wildman–Crippen LogP) is 3.55. The molecule has 0 fully saturated rings. The van der Waals surface area contributed by atoms with Crippen molar-refractivity contribution in [2.45, 2.75) is 84.8 Å². The van der Waals surface area contributed by atoms with Crippen LogP contribution in [-0.2, 0) is 28.2 Å². The molecule has 0 N–H and O–H groups in total. The van der Waals surface area contributed by atoms with Crippen LogP contribution in [0.1, 0.15) is 79.1 Å². The summed E-state index contributed by atoms with van der Waals surface area (Å²) in [5, 5.41) is 0. The van der Waals surface area contributed by atoms with Crippen LogP contribution >= 0.6 is 0 Å². The van der Waals surface area contributed by atoms with Gasteiger partial charge in [0.05, 0.1) is 19.8 Å². The Kier molecular flexibility index (Phi) is 19.0. The number of ether oxygens (including phenoxy) is 2. The van der Waals surface area contributed by atoms with E-state index in [9.17, 15) is 8.42 Å². The van der Waals surface area contributed by atoms with Gasteiger partial charge in [0.25, 0.3) is 0 Å². The molecule has 0 bridgehead atoms. The Balaban J connectivity index is 0. The van der Waals surface area contributed by atoms with Gasteiger partial charge in [-0.25, -0.2) is 8.37 Å². The Labute approximate surface area is 176 Å². The van der Waals surface area contributed by atoms with Crippen molar-refractivity contribution in [1.82, 2.24) is 0 Å². The molecule has 25 heavy (non-hydrogen) atoms. The van der Waals surface area contributed by atoms with E-state index < -0.39 is 16.2 Å². The maximum absolute atomic E-state index is 11.6. The molecular weight excluding hydrogens is 355 g/mol. The van der Waals surface area contributed by atoms with E-state index >= 15 is 0 Å². The molecule has 0 rings (SSSR count). The molecule has 0 amide bonds. The Morgan fingerprint density at radius 1 is 0.760 bits per heavy atom. The standard InChI is InChI=1S/C17H36O6S.Na.H/c1-5-8-10-12-14-20-17(4,21-15-13-11-9-6-2)16-23-24(18,19)22-7-3;;/h5-16H2,1-4H3;;. The molecule has 0 spiro atoms. The first-order chi connectivity index (χ1) is 11.4. The normalized spacial score (nSPS) is 12.2. The fraction of sp³-hybridized carbons (Fsp3) is 1.00. The van der Waals surface area contributed by atoms with E-state index in [1.807, 2.05) is 0 Å². The average molecular weight is 393 g/mol. The van der Waals surface area contributed by atoms with Gasteiger partial charge in [0, 0.05) is 0 Å².